The molecule has 1 N–H and O–H groups in total. The lowest BCUT2D eigenvalue weighted by molar-refractivity contribution is 0.414. The highest BCUT2D eigenvalue weighted by Gasteiger charge is 2.10. The molecule has 78 valence electrons. The smallest absolute Gasteiger partial charge is 0.255 e. The number of aromatic amines is 1. The Morgan fingerprint density at radius 2 is 2.07 bits per heavy atom. The van der Waals surface area contributed by atoms with Crippen molar-refractivity contribution in [3.63, 3.8) is 0 Å². The van der Waals surface area contributed by atoms with E-state index in [1.807, 2.05) is 31.2 Å². The predicted octanol–water partition coefficient (Wildman–Crippen LogP) is 2.10. The highest BCUT2D eigenvalue weighted by molar-refractivity contribution is 5.85. The highest BCUT2D eigenvalue weighted by atomic mass is 16.5. The number of rotatable bonds is 2. The van der Waals surface area contributed by atoms with E-state index in [-0.39, 0.29) is 5.56 Å². The number of aromatic nitrogens is 1. The van der Waals surface area contributed by atoms with Crippen LogP contribution in [0.4, 0.5) is 0 Å². The molecule has 0 atom stereocenters. The molecule has 0 aliphatic carbocycles. The molecule has 0 aliphatic heterocycles. The quantitative estimate of drug-likeness (QED) is 0.812. The molecule has 3 heteroatoms. The third-order valence-corrected chi connectivity index (χ3v) is 2.53. The number of hydrogen-bond donors (Lipinski definition) is 1. The van der Waals surface area contributed by atoms with E-state index in [1.54, 1.807) is 7.11 Å². The van der Waals surface area contributed by atoms with Gasteiger partial charge in [-0.15, -0.1) is 0 Å². The van der Waals surface area contributed by atoms with Crippen LogP contribution < -0.4 is 10.3 Å². The van der Waals surface area contributed by atoms with Crippen molar-refractivity contribution in [3.8, 4) is 5.75 Å². The maximum absolute atomic E-state index is 11.7. The SMILES string of the molecule is CCc1c(OC)c2ccccc2[nH]c1=O. The molecular formula is C12H13NO2. The molecule has 0 saturated heterocycles. The van der Waals surface area contributed by atoms with Crippen LogP contribution in [0.25, 0.3) is 10.9 Å². The monoisotopic (exact) mass is 203 g/mol. The van der Waals surface area contributed by atoms with Gasteiger partial charge in [0.05, 0.1) is 18.2 Å². The summed E-state index contributed by atoms with van der Waals surface area (Å²) in [7, 11) is 1.60. The van der Waals surface area contributed by atoms with Crippen molar-refractivity contribution in [1.29, 1.82) is 0 Å². The summed E-state index contributed by atoms with van der Waals surface area (Å²) in [6, 6.07) is 7.65. The molecule has 0 amide bonds. The number of para-hydroxylation sites is 1. The number of H-pyrrole nitrogens is 1. The number of ether oxygens (including phenoxy) is 1. The number of pyridine rings is 1. The van der Waals surface area contributed by atoms with Gasteiger partial charge in [-0.25, -0.2) is 0 Å². The number of methoxy groups -OCH3 is 1. The second-order valence-electron chi connectivity index (χ2n) is 3.37. The minimum Gasteiger partial charge on any atom is -0.496 e. The molecule has 2 rings (SSSR count). The van der Waals surface area contributed by atoms with Crippen LogP contribution in [0.2, 0.25) is 0 Å². The van der Waals surface area contributed by atoms with E-state index >= 15 is 0 Å². The van der Waals surface area contributed by atoms with Gasteiger partial charge in [0.25, 0.3) is 5.56 Å². The molecule has 2 aromatic rings. The summed E-state index contributed by atoms with van der Waals surface area (Å²) in [6.45, 7) is 1.95. The van der Waals surface area contributed by atoms with E-state index in [0.717, 1.165) is 10.9 Å². The average molecular weight is 203 g/mol. The van der Waals surface area contributed by atoms with E-state index in [0.29, 0.717) is 17.7 Å². The topological polar surface area (TPSA) is 42.1 Å². The zero-order chi connectivity index (χ0) is 10.8. The van der Waals surface area contributed by atoms with Crippen molar-refractivity contribution in [2.75, 3.05) is 7.11 Å². The van der Waals surface area contributed by atoms with Gasteiger partial charge in [0, 0.05) is 5.39 Å². The second kappa shape index (κ2) is 3.77. The fourth-order valence-corrected chi connectivity index (χ4v) is 1.81. The minimum absolute atomic E-state index is 0.0620. The minimum atomic E-state index is -0.0620. The maximum atomic E-state index is 11.7. The van der Waals surface area contributed by atoms with Crippen LogP contribution in [-0.4, -0.2) is 12.1 Å². The Labute approximate surface area is 87.7 Å². The standard InChI is InChI=1S/C12H13NO2/c1-3-8-11(15-2)9-6-4-5-7-10(9)13-12(8)14/h4-7H,3H2,1-2H3,(H,13,14). The fraction of sp³-hybridized carbons (Fsp3) is 0.250. The van der Waals surface area contributed by atoms with Crippen molar-refractivity contribution >= 4 is 10.9 Å². The van der Waals surface area contributed by atoms with Gasteiger partial charge in [-0.2, -0.15) is 0 Å². The van der Waals surface area contributed by atoms with Gasteiger partial charge in [0.2, 0.25) is 0 Å². The van der Waals surface area contributed by atoms with E-state index in [4.69, 9.17) is 4.74 Å². The summed E-state index contributed by atoms with van der Waals surface area (Å²) in [4.78, 5) is 14.6. The zero-order valence-corrected chi connectivity index (χ0v) is 8.83. The number of benzene rings is 1. The number of fused-ring (bicyclic) bond motifs is 1. The summed E-state index contributed by atoms with van der Waals surface area (Å²) < 4.78 is 5.31. The Kier molecular flexibility index (Phi) is 2.46. The van der Waals surface area contributed by atoms with E-state index in [9.17, 15) is 4.79 Å². The normalized spacial score (nSPS) is 10.5. The zero-order valence-electron chi connectivity index (χ0n) is 8.83. The van der Waals surface area contributed by atoms with Gasteiger partial charge >= 0.3 is 0 Å². The Hall–Kier alpha value is -1.77. The lowest BCUT2D eigenvalue weighted by Crippen LogP contribution is -2.13. The molecule has 0 unspecified atom stereocenters. The summed E-state index contributed by atoms with van der Waals surface area (Å²) in [5.41, 5.74) is 1.46. The van der Waals surface area contributed by atoms with Crippen molar-refractivity contribution in [3.05, 3.63) is 40.2 Å². The van der Waals surface area contributed by atoms with Gasteiger partial charge in [-0.05, 0) is 18.6 Å². The molecule has 1 aromatic carbocycles. The summed E-state index contributed by atoms with van der Waals surface area (Å²) in [5.74, 6) is 0.692. The molecule has 1 aromatic heterocycles. The first-order valence-corrected chi connectivity index (χ1v) is 4.95. The van der Waals surface area contributed by atoms with Gasteiger partial charge < -0.3 is 9.72 Å². The number of hydrogen-bond acceptors (Lipinski definition) is 2. The van der Waals surface area contributed by atoms with Crippen LogP contribution in [0.5, 0.6) is 5.75 Å². The van der Waals surface area contributed by atoms with E-state index in [2.05, 4.69) is 4.98 Å². The molecule has 0 spiro atoms. The molecule has 1 heterocycles. The first-order chi connectivity index (χ1) is 7.27. The molecule has 0 aliphatic rings. The van der Waals surface area contributed by atoms with Gasteiger partial charge in [0.1, 0.15) is 5.75 Å². The molecule has 0 radical (unpaired) electrons. The van der Waals surface area contributed by atoms with Crippen LogP contribution in [0.3, 0.4) is 0 Å². The Morgan fingerprint density at radius 1 is 1.33 bits per heavy atom. The molecule has 0 saturated carbocycles. The summed E-state index contributed by atoms with van der Waals surface area (Å²) in [5, 5.41) is 0.955. The van der Waals surface area contributed by atoms with Gasteiger partial charge in [-0.1, -0.05) is 19.1 Å². The first-order valence-electron chi connectivity index (χ1n) is 4.95. The van der Waals surface area contributed by atoms with Gasteiger partial charge in [-0.3, -0.25) is 4.79 Å². The third-order valence-electron chi connectivity index (χ3n) is 2.53. The Balaban J connectivity index is 2.91. The Morgan fingerprint density at radius 3 is 2.73 bits per heavy atom. The van der Waals surface area contributed by atoms with Crippen LogP contribution in [-0.2, 0) is 6.42 Å². The van der Waals surface area contributed by atoms with Crippen LogP contribution in [0, 0.1) is 0 Å². The first kappa shape index (κ1) is 9.77. The highest BCUT2D eigenvalue weighted by Crippen LogP contribution is 2.25. The predicted molar refractivity (Wildman–Crippen MR) is 60.5 cm³/mol. The van der Waals surface area contributed by atoms with Gasteiger partial charge in [0.15, 0.2) is 0 Å². The largest absolute Gasteiger partial charge is 0.496 e. The van der Waals surface area contributed by atoms with Crippen molar-refractivity contribution < 1.29 is 4.74 Å². The third kappa shape index (κ3) is 1.50. The van der Waals surface area contributed by atoms with E-state index in [1.165, 1.54) is 0 Å². The Bertz CT molecular complexity index is 543. The fourth-order valence-electron chi connectivity index (χ4n) is 1.81. The lowest BCUT2D eigenvalue weighted by Gasteiger charge is -2.09. The lowest BCUT2D eigenvalue weighted by atomic mass is 10.1. The average Bonchev–Trinajstić information content (AvgIpc) is 2.27. The molecule has 0 fully saturated rings. The van der Waals surface area contributed by atoms with Crippen molar-refractivity contribution in [2.24, 2.45) is 0 Å². The molecular weight excluding hydrogens is 190 g/mol. The van der Waals surface area contributed by atoms with Crippen LogP contribution in [0.1, 0.15) is 12.5 Å². The molecule has 15 heavy (non-hydrogen) atoms. The molecule has 0 bridgehead atoms. The maximum Gasteiger partial charge on any atom is 0.255 e. The van der Waals surface area contributed by atoms with Crippen molar-refractivity contribution in [1.82, 2.24) is 4.98 Å². The summed E-state index contributed by atoms with van der Waals surface area (Å²) in [6.07, 6.45) is 0.670. The second-order valence-corrected chi connectivity index (χ2v) is 3.37. The van der Waals surface area contributed by atoms with E-state index < -0.39 is 0 Å². The van der Waals surface area contributed by atoms with Crippen molar-refractivity contribution in [2.45, 2.75) is 13.3 Å². The molecule has 3 nitrogen and oxygen atoms in total. The number of nitrogens with one attached hydrogen (secondary N) is 1. The summed E-state index contributed by atoms with van der Waals surface area (Å²) >= 11 is 0. The van der Waals surface area contributed by atoms with Crippen LogP contribution in [0.15, 0.2) is 29.1 Å². The van der Waals surface area contributed by atoms with Crippen LogP contribution >= 0.6 is 0 Å².